The molecule has 3 heterocycles. The minimum Gasteiger partial charge on any atom is -1.00 e. The SMILES string of the molecule is C[N+]1(C)C2CCC1CC(C=C(c1ccccc1)c1ccccn1)C2.[Br-]. The van der Waals surface area contributed by atoms with Crippen LogP contribution in [0.15, 0.2) is 60.8 Å². The number of halogens is 1. The van der Waals surface area contributed by atoms with Gasteiger partial charge in [0.1, 0.15) is 0 Å². The van der Waals surface area contributed by atoms with Gasteiger partial charge in [-0.1, -0.05) is 42.5 Å². The van der Waals surface area contributed by atoms with E-state index in [4.69, 9.17) is 0 Å². The summed E-state index contributed by atoms with van der Waals surface area (Å²) in [5.41, 5.74) is 3.67. The minimum atomic E-state index is 0. The molecule has 0 aliphatic carbocycles. The third-order valence-corrected chi connectivity index (χ3v) is 6.29. The second-order valence-electron chi connectivity index (χ2n) is 7.91. The molecule has 0 radical (unpaired) electrons. The topological polar surface area (TPSA) is 12.9 Å². The molecule has 25 heavy (non-hydrogen) atoms. The fourth-order valence-corrected chi connectivity index (χ4v) is 4.76. The molecule has 0 spiro atoms. The summed E-state index contributed by atoms with van der Waals surface area (Å²) < 4.78 is 1.23. The highest BCUT2D eigenvalue weighted by Crippen LogP contribution is 2.43. The highest BCUT2D eigenvalue weighted by Gasteiger charge is 2.48. The Balaban J connectivity index is 0.00000182. The maximum atomic E-state index is 4.63. The van der Waals surface area contributed by atoms with Crippen LogP contribution in [0.1, 0.15) is 36.9 Å². The average Bonchev–Trinajstić information content (AvgIpc) is 2.79. The molecule has 3 heteroatoms. The zero-order valence-electron chi connectivity index (χ0n) is 15.1. The lowest BCUT2D eigenvalue weighted by Crippen LogP contribution is -3.00. The van der Waals surface area contributed by atoms with Gasteiger partial charge in [0, 0.05) is 37.5 Å². The van der Waals surface area contributed by atoms with Crippen LogP contribution in [0.2, 0.25) is 0 Å². The van der Waals surface area contributed by atoms with E-state index in [1.54, 1.807) is 0 Å². The number of rotatable bonds is 3. The summed E-state index contributed by atoms with van der Waals surface area (Å²) in [6.07, 6.45) is 9.83. The van der Waals surface area contributed by atoms with E-state index in [9.17, 15) is 0 Å². The van der Waals surface area contributed by atoms with E-state index in [1.165, 1.54) is 41.3 Å². The van der Waals surface area contributed by atoms with Gasteiger partial charge in [-0.2, -0.15) is 0 Å². The number of fused-ring (bicyclic) bond motifs is 2. The molecular formula is C22H27BrN2. The summed E-state index contributed by atoms with van der Waals surface area (Å²) >= 11 is 0. The number of pyridine rings is 1. The summed E-state index contributed by atoms with van der Waals surface area (Å²) in [4.78, 5) is 4.63. The second kappa shape index (κ2) is 7.43. The molecule has 1 aromatic heterocycles. The van der Waals surface area contributed by atoms with E-state index in [1.807, 2.05) is 12.3 Å². The quantitative estimate of drug-likeness (QED) is 0.714. The van der Waals surface area contributed by atoms with Crippen molar-refractivity contribution in [3.05, 3.63) is 72.1 Å². The molecule has 2 saturated heterocycles. The fraction of sp³-hybridized carbons (Fsp3) is 0.409. The monoisotopic (exact) mass is 398 g/mol. The summed E-state index contributed by atoms with van der Waals surface area (Å²) in [5, 5.41) is 0. The van der Waals surface area contributed by atoms with Crippen molar-refractivity contribution in [3.63, 3.8) is 0 Å². The second-order valence-corrected chi connectivity index (χ2v) is 7.91. The van der Waals surface area contributed by atoms with Crippen LogP contribution < -0.4 is 17.0 Å². The smallest absolute Gasteiger partial charge is 0.0896 e. The Morgan fingerprint density at radius 1 is 0.960 bits per heavy atom. The normalized spacial score (nSPS) is 27.6. The van der Waals surface area contributed by atoms with E-state index in [0.717, 1.165) is 17.8 Å². The van der Waals surface area contributed by atoms with Crippen LogP contribution in [0.25, 0.3) is 5.57 Å². The van der Waals surface area contributed by atoms with Gasteiger partial charge in [-0.25, -0.2) is 0 Å². The van der Waals surface area contributed by atoms with Crippen molar-refractivity contribution in [1.82, 2.24) is 4.98 Å². The van der Waals surface area contributed by atoms with E-state index in [-0.39, 0.29) is 17.0 Å². The lowest BCUT2D eigenvalue weighted by molar-refractivity contribution is -0.931. The summed E-state index contributed by atoms with van der Waals surface area (Å²) in [6, 6.07) is 18.6. The molecule has 1 aromatic carbocycles. The van der Waals surface area contributed by atoms with Crippen molar-refractivity contribution in [2.24, 2.45) is 5.92 Å². The maximum absolute atomic E-state index is 4.63. The van der Waals surface area contributed by atoms with Crippen LogP contribution in [-0.2, 0) is 0 Å². The van der Waals surface area contributed by atoms with Crippen molar-refractivity contribution < 1.29 is 21.5 Å². The standard InChI is InChI=1S/C22H27N2.BrH/c1-24(2)19-11-12-20(24)15-17(14-19)16-21(18-8-4-3-5-9-18)22-10-6-7-13-23-22;/h3-10,13,16-17,19-20H,11-12,14-15H2,1-2H3;1H/q+1;/p-1. The molecule has 4 rings (SSSR count). The van der Waals surface area contributed by atoms with E-state index in [2.05, 4.69) is 67.6 Å². The summed E-state index contributed by atoms with van der Waals surface area (Å²) in [5.74, 6) is 0.672. The first-order chi connectivity index (χ1) is 11.6. The average molecular weight is 399 g/mol. The minimum absolute atomic E-state index is 0. The lowest BCUT2D eigenvalue weighted by Gasteiger charge is -2.43. The summed E-state index contributed by atoms with van der Waals surface area (Å²) in [6.45, 7) is 0. The molecule has 2 nitrogen and oxygen atoms in total. The molecule has 0 saturated carbocycles. The fourth-order valence-electron chi connectivity index (χ4n) is 4.76. The summed E-state index contributed by atoms with van der Waals surface area (Å²) in [7, 11) is 4.86. The van der Waals surface area contributed by atoms with Crippen molar-refractivity contribution >= 4 is 5.57 Å². The largest absolute Gasteiger partial charge is 1.00 e. The molecule has 2 fully saturated rings. The lowest BCUT2D eigenvalue weighted by atomic mass is 9.86. The highest BCUT2D eigenvalue weighted by atomic mass is 79.9. The van der Waals surface area contributed by atoms with Gasteiger partial charge < -0.3 is 21.5 Å². The molecule has 2 bridgehead atoms. The van der Waals surface area contributed by atoms with Crippen LogP contribution in [0.5, 0.6) is 0 Å². The molecule has 132 valence electrons. The number of hydrogen-bond acceptors (Lipinski definition) is 1. The van der Waals surface area contributed by atoms with Crippen molar-refractivity contribution in [3.8, 4) is 0 Å². The number of nitrogens with zero attached hydrogens (tertiary/aromatic N) is 2. The Morgan fingerprint density at radius 3 is 2.20 bits per heavy atom. The zero-order chi connectivity index (χ0) is 16.6. The van der Waals surface area contributed by atoms with Crippen molar-refractivity contribution in [2.45, 2.75) is 37.8 Å². The Labute approximate surface area is 162 Å². The van der Waals surface area contributed by atoms with Gasteiger partial charge in [0.25, 0.3) is 0 Å². The number of hydrogen-bond donors (Lipinski definition) is 0. The Hall–Kier alpha value is -1.45. The van der Waals surface area contributed by atoms with Gasteiger partial charge in [-0.3, -0.25) is 4.98 Å². The third-order valence-electron chi connectivity index (χ3n) is 6.29. The van der Waals surface area contributed by atoms with Crippen molar-refractivity contribution in [1.29, 1.82) is 0 Å². The highest BCUT2D eigenvalue weighted by molar-refractivity contribution is 5.77. The molecule has 2 aliphatic rings. The predicted molar refractivity (Wildman–Crippen MR) is 99.4 cm³/mol. The number of aromatic nitrogens is 1. The first kappa shape index (κ1) is 18.3. The molecular weight excluding hydrogens is 372 g/mol. The Morgan fingerprint density at radius 2 is 1.60 bits per heavy atom. The van der Waals surface area contributed by atoms with Crippen molar-refractivity contribution in [2.75, 3.05) is 14.1 Å². The first-order valence-corrected chi connectivity index (χ1v) is 9.16. The molecule has 2 atom stereocenters. The molecule has 0 N–H and O–H groups in total. The van der Waals surface area contributed by atoms with E-state index in [0.29, 0.717) is 5.92 Å². The molecule has 2 unspecified atom stereocenters. The maximum Gasteiger partial charge on any atom is 0.0896 e. The Bertz CT molecular complexity index is 667. The van der Waals surface area contributed by atoms with Crippen LogP contribution >= 0.6 is 0 Å². The zero-order valence-corrected chi connectivity index (χ0v) is 16.7. The number of quaternary nitrogens is 1. The van der Waals surface area contributed by atoms with Gasteiger partial charge in [0.05, 0.1) is 31.9 Å². The van der Waals surface area contributed by atoms with Gasteiger partial charge >= 0.3 is 0 Å². The third kappa shape index (κ3) is 3.58. The molecule has 2 aromatic rings. The predicted octanol–water partition coefficient (Wildman–Crippen LogP) is 1.53. The van der Waals surface area contributed by atoms with Crippen LogP contribution in [0, 0.1) is 5.92 Å². The number of allylic oxidation sites excluding steroid dienone is 1. The van der Waals surface area contributed by atoms with Gasteiger partial charge in [0.2, 0.25) is 0 Å². The number of piperidine rings is 1. The first-order valence-electron chi connectivity index (χ1n) is 9.16. The van der Waals surface area contributed by atoms with Crippen LogP contribution in [-0.4, -0.2) is 35.6 Å². The van der Waals surface area contributed by atoms with Gasteiger partial charge in [0.15, 0.2) is 0 Å². The van der Waals surface area contributed by atoms with Crippen LogP contribution in [0.4, 0.5) is 0 Å². The van der Waals surface area contributed by atoms with Gasteiger partial charge in [-0.15, -0.1) is 0 Å². The molecule has 2 aliphatic heterocycles. The Kier molecular flexibility index (Phi) is 5.45. The molecule has 0 amide bonds. The van der Waals surface area contributed by atoms with E-state index < -0.39 is 0 Å². The van der Waals surface area contributed by atoms with E-state index >= 15 is 0 Å². The van der Waals surface area contributed by atoms with Crippen LogP contribution in [0.3, 0.4) is 0 Å². The number of benzene rings is 1. The van der Waals surface area contributed by atoms with Gasteiger partial charge in [-0.05, 0) is 23.6 Å².